The Morgan fingerprint density at radius 2 is 1.92 bits per heavy atom. The van der Waals surface area contributed by atoms with Crippen molar-refractivity contribution in [3.8, 4) is 17.3 Å². The van der Waals surface area contributed by atoms with Gasteiger partial charge in [0.15, 0.2) is 0 Å². The number of hydrogen-bond donors (Lipinski definition) is 1. The van der Waals surface area contributed by atoms with E-state index in [2.05, 4.69) is 28.2 Å². The quantitative estimate of drug-likeness (QED) is 0.698. The summed E-state index contributed by atoms with van der Waals surface area (Å²) >= 11 is 0. The molecule has 0 fully saturated rings. The topological polar surface area (TPSA) is 55.7 Å². The third-order valence-corrected chi connectivity index (χ3v) is 4.33. The molecule has 0 saturated carbocycles. The lowest BCUT2D eigenvalue weighted by Gasteiger charge is -2.17. The minimum absolute atomic E-state index is 0.245. The van der Waals surface area contributed by atoms with Crippen LogP contribution in [0.1, 0.15) is 23.2 Å². The molecular formula is C21H21FN4. The summed E-state index contributed by atoms with van der Waals surface area (Å²) in [6.07, 6.45) is 1.87. The summed E-state index contributed by atoms with van der Waals surface area (Å²) in [7, 11) is 2.06. The molecule has 5 heteroatoms. The molecule has 26 heavy (non-hydrogen) atoms. The molecule has 0 aliphatic carbocycles. The van der Waals surface area contributed by atoms with E-state index in [1.165, 1.54) is 12.1 Å². The molecule has 1 aromatic heterocycles. The van der Waals surface area contributed by atoms with Crippen LogP contribution < -0.4 is 0 Å². The van der Waals surface area contributed by atoms with Gasteiger partial charge in [-0.05, 0) is 68.4 Å². The number of nitriles is 1. The second kappa shape index (κ2) is 8.41. The van der Waals surface area contributed by atoms with Crippen LogP contribution in [0.2, 0.25) is 0 Å². The van der Waals surface area contributed by atoms with Gasteiger partial charge in [-0.3, -0.25) is 5.10 Å². The van der Waals surface area contributed by atoms with Crippen LogP contribution in [-0.2, 0) is 13.0 Å². The van der Waals surface area contributed by atoms with E-state index in [1.54, 1.807) is 12.1 Å². The van der Waals surface area contributed by atoms with Crippen LogP contribution in [0.4, 0.5) is 4.39 Å². The van der Waals surface area contributed by atoms with E-state index in [0.717, 1.165) is 54.0 Å². The first-order valence-corrected chi connectivity index (χ1v) is 8.62. The summed E-state index contributed by atoms with van der Waals surface area (Å²) in [5.41, 5.74) is 4.58. The van der Waals surface area contributed by atoms with Crippen molar-refractivity contribution in [2.24, 2.45) is 0 Å². The maximum absolute atomic E-state index is 13.0. The maximum atomic E-state index is 13.0. The molecule has 2 aromatic carbocycles. The van der Waals surface area contributed by atoms with E-state index in [9.17, 15) is 4.39 Å². The molecule has 0 saturated heterocycles. The predicted octanol–water partition coefficient (Wildman–Crippen LogP) is 4.15. The van der Waals surface area contributed by atoms with E-state index in [1.807, 2.05) is 30.3 Å². The number of rotatable bonds is 7. The first kappa shape index (κ1) is 17.8. The highest BCUT2D eigenvalue weighted by molar-refractivity contribution is 5.58. The van der Waals surface area contributed by atoms with Crippen molar-refractivity contribution in [1.29, 1.82) is 5.26 Å². The van der Waals surface area contributed by atoms with Gasteiger partial charge in [0.25, 0.3) is 0 Å². The summed E-state index contributed by atoms with van der Waals surface area (Å²) in [5.74, 6) is -0.245. The minimum Gasteiger partial charge on any atom is -0.302 e. The van der Waals surface area contributed by atoms with Crippen LogP contribution in [0.5, 0.6) is 0 Å². The lowest BCUT2D eigenvalue weighted by atomic mass is 10.1. The van der Waals surface area contributed by atoms with E-state index in [-0.39, 0.29) is 5.82 Å². The Morgan fingerprint density at radius 3 is 2.69 bits per heavy atom. The lowest BCUT2D eigenvalue weighted by molar-refractivity contribution is 0.321. The van der Waals surface area contributed by atoms with Crippen molar-refractivity contribution >= 4 is 0 Å². The Balaban J connectivity index is 1.50. The highest BCUT2D eigenvalue weighted by Gasteiger charge is 2.07. The molecule has 0 aliphatic rings. The van der Waals surface area contributed by atoms with Gasteiger partial charge in [-0.25, -0.2) is 4.39 Å². The highest BCUT2D eigenvalue weighted by atomic mass is 19.1. The van der Waals surface area contributed by atoms with Crippen LogP contribution >= 0.6 is 0 Å². The van der Waals surface area contributed by atoms with Crippen molar-refractivity contribution in [3.63, 3.8) is 0 Å². The zero-order valence-corrected chi connectivity index (χ0v) is 14.7. The number of halogens is 1. The summed E-state index contributed by atoms with van der Waals surface area (Å²) in [6.45, 7) is 1.68. The molecule has 3 rings (SSSR count). The van der Waals surface area contributed by atoms with Gasteiger partial charge in [0.2, 0.25) is 0 Å². The van der Waals surface area contributed by atoms with E-state index in [0.29, 0.717) is 0 Å². The molecule has 3 aromatic rings. The molecule has 0 unspecified atom stereocenters. The zero-order chi connectivity index (χ0) is 18.4. The second-order valence-electron chi connectivity index (χ2n) is 6.40. The molecule has 1 N–H and O–H groups in total. The van der Waals surface area contributed by atoms with Crippen molar-refractivity contribution in [2.75, 3.05) is 13.6 Å². The third kappa shape index (κ3) is 4.56. The van der Waals surface area contributed by atoms with Crippen LogP contribution in [0.25, 0.3) is 11.3 Å². The van der Waals surface area contributed by atoms with Gasteiger partial charge in [-0.2, -0.15) is 10.4 Å². The van der Waals surface area contributed by atoms with Gasteiger partial charge >= 0.3 is 0 Å². The Kier molecular flexibility index (Phi) is 5.77. The summed E-state index contributed by atoms with van der Waals surface area (Å²) < 4.78 is 13.0. The number of aromatic nitrogens is 2. The molecule has 1 heterocycles. The number of nitrogens with zero attached hydrogens (tertiary/aromatic N) is 3. The third-order valence-electron chi connectivity index (χ3n) is 4.33. The molecule has 132 valence electrons. The predicted molar refractivity (Wildman–Crippen MR) is 99.8 cm³/mol. The smallest absolute Gasteiger partial charge is 0.123 e. The van der Waals surface area contributed by atoms with Crippen LogP contribution in [0.15, 0.2) is 54.6 Å². The zero-order valence-electron chi connectivity index (χ0n) is 14.7. The molecular weight excluding hydrogens is 327 g/mol. The van der Waals surface area contributed by atoms with Gasteiger partial charge in [-0.15, -0.1) is 0 Å². The minimum atomic E-state index is -0.245. The molecule has 0 spiro atoms. The van der Waals surface area contributed by atoms with Gasteiger partial charge in [-0.1, -0.05) is 18.2 Å². The first-order chi connectivity index (χ1) is 12.7. The molecule has 4 nitrogen and oxygen atoms in total. The Morgan fingerprint density at radius 1 is 1.15 bits per heavy atom. The van der Waals surface area contributed by atoms with Gasteiger partial charge in [0, 0.05) is 17.8 Å². The summed E-state index contributed by atoms with van der Waals surface area (Å²) in [6, 6.07) is 18.3. The van der Waals surface area contributed by atoms with Gasteiger partial charge in [0.1, 0.15) is 5.82 Å². The number of benzene rings is 2. The normalized spacial score (nSPS) is 10.8. The average Bonchev–Trinajstić information content (AvgIpc) is 3.11. The van der Waals surface area contributed by atoms with Crippen LogP contribution in [-0.4, -0.2) is 28.7 Å². The van der Waals surface area contributed by atoms with E-state index in [4.69, 9.17) is 5.26 Å². The summed E-state index contributed by atoms with van der Waals surface area (Å²) in [5, 5.41) is 16.5. The SMILES string of the molecule is CN(CCCc1cc(-c2ccc(F)cc2)n[nH]1)Cc1ccccc1C#N. The largest absolute Gasteiger partial charge is 0.302 e. The Labute approximate surface area is 152 Å². The number of aromatic amines is 1. The van der Waals surface area contributed by atoms with E-state index >= 15 is 0 Å². The molecule has 0 atom stereocenters. The van der Waals surface area contributed by atoms with Crippen LogP contribution in [0, 0.1) is 17.1 Å². The Bertz CT molecular complexity index is 893. The first-order valence-electron chi connectivity index (χ1n) is 8.62. The fourth-order valence-corrected chi connectivity index (χ4v) is 2.93. The Hall–Kier alpha value is -2.97. The number of aryl methyl sites for hydroxylation is 1. The lowest BCUT2D eigenvalue weighted by Crippen LogP contribution is -2.20. The van der Waals surface area contributed by atoms with Crippen molar-refractivity contribution in [2.45, 2.75) is 19.4 Å². The average molecular weight is 348 g/mol. The molecule has 0 aliphatic heterocycles. The number of hydrogen-bond acceptors (Lipinski definition) is 3. The fourth-order valence-electron chi connectivity index (χ4n) is 2.93. The number of nitrogens with one attached hydrogen (secondary N) is 1. The fraction of sp³-hybridized carbons (Fsp3) is 0.238. The van der Waals surface area contributed by atoms with Gasteiger partial charge < -0.3 is 4.90 Å². The maximum Gasteiger partial charge on any atom is 0.123 e. The van der Waals surface area contributed by atoms with Gasteiger partial charge in [0.05, 0.1) is 17.3 Å². The molecule has 0 bridgehead atoms. The highest BCUT2D eigenvalue weighted by Crippen LogP contribution is 2.18. The van der Waals surface area contributed by atoms with E-state index < -0.39 is 0 Å². The standard InChI is InChI=1S/C21H21FN4/c1-26(15-18-6-3-2-5-17(18)14-23)12-4-7-20-13-21(25-24-20)16-8-10-19(22)11-9-16/h2-3,5-6,8-11,13H,4,7,12,15H2,1H3,(H,24,25). The number of H-pyrrole nitrogens is 1. The van der Waals surface area contributed by atoms with Crippen molar-refractivity contribution in [1.82, 2.24) is 15.1 Å². The van der Waals surface area contributed by atoms with Crippen molar-refractivity contribution < 1.29 is 4.39 Å². The monoisotopic (exact) mass is 348 g/mol. The molecule has 0 amide bonds. The second-order valence-corrected chi connectivity index (χ2v) is 6.40. The summed E-state index contributed by atoms with van der Waals surface area (Å²) in [4.78, 5) is 2.22. The van der Waals surface area contributed by atoms with Crippen molar-refractivity contribution in [3.05, 3.63) is 77.2 Å². The van der Waals surface area contributed by atoms with Crippen LogP contribution in [0.3, 0.4) is 0 Å². The molecule has 0 radical (unpaired) electrons.